The Morgan fingerprint density at radius 1 is 1.20 bits per heavy atom. The molecule has 2 rings (SSSR count). The molecular formula is C21H36FN5O2S. The Morgan fingerprint density at radius 3 is 2.40 bits per heavy atom. The van der Waals surface area contributed by atoms with E-state index in [0.29, 0.717) is 37.8 Å². The minimum Gasteiger partial charge on any atom is -0.370 e. The molecule has 30 heavy (non-hydrogen) atoms. The van der Waals surface area contributed by atoms with Crippen molar-refractivity contribution in [3.63, 3.8) is 0 Å². The highest BCUT2D eigenvalue weighted by molar-refractivity contribution is 7.89. The summed E-state index contributed by atoms with van der Waals surface area (Å²) in [4.78, 5) is 6.59. The highest BCUT2D eigenvalue weighted by Crippen LogP contribution is 2.21. The molecule has 1 aromatic rings. The Bertz CT molecular complexity index is 804. The van der Waals surface area contributed by atoms with Crippen molar-refractivity contribution in [3.05, 3.63) is 29.6 Å². The van der Waals surface area contributed by atoms with E-state index >= 15 is 0 Å². The van der Waals surface area contributed by atoms with Crippen LogP contribution in [0.5, 0.6) is 0 Å². The molecule has 0 radical (unpaired) electrons. The number of sulfonamides is 1. The van der Waals surface area contributed by atoms with E-state index in [1.165, 1.54) is 0 Å². The number of nitrogens with zero attached hydrogens (tertiary/aromatic N) is 3. The van der Waals surface area contributed by atoms with Crippen molar-refractivity contribution in [2.45, 2.75) is 53.1 Å². The van der Waals surface area contributed by atoms with Gasteiger partial charge in [0, 0.05) is 38.8 Å². The quantitative estimate of drug-likeness (QED) is 0.455. The molecule has 1 aliphatic rings. The number of benzene rings is 1. The molecule has 0 spiro atoms. The topological polar surface area (TPSA) is 77.0 Å². The Kier molecular flexibility index (Phi) is 9.36. The maximum Gasteiger partial charge on any atom is 0.213 e. The lowest BCUT2D eigenvalue weighted by molar-refractivity contribution is 0.306. The van der Waals surface area contributed by atoms with E-state index in [0.717, 1.165) is 31.5 Å². The van der Waals surface area contributed by atoms with E-state index in [-0.39, 0.29) is 17.6 Å². The summed E-state index contributed by atoms with van der Waals surface area (Å²) < 4.78 is 40.1. The van der Waals surface area contributed by atoms with Gasteiger partial charge in [0.25, 0.3) is 0 Å². The summed E-state index contributed by atoms with van der Waals surface area (Å²) in [6.45, 7) is 11.3. The van der Waals surface area contributed by atoms with Gasteiger partial charge in [-0.05, 0) is 58.2 Å². The van der Waals surface area contributed by atoms with Crippen LogP contribution in [0.3, 0.4) is 0 Å². The molecule has 1 saturated heterocycles. The van der Waals surface area contributed by atoms with Crippen molar-refractivity contribution in [1.29, 1.82) is 0 Å². The summed E-state index contributed by atoms with van der Waals surface area (Å²) in [6, 6.07) is 5.44. The molecule has 0 unspecified atom stereocenters. The number of rotatable bonds is 9. The smallest absolute Gasteiger partial charge is 0.213 e. The molecular weight excluding hydrogens is 405 g/mol. The van der Waals surface area contributed by atoms with E-state index in [2.05, 4.69) is 15.6 Å². The zero-order chi connectivity index (χ0) is 22.1. The predicted molar refractivity (Wildman–Crippen MR) is 122 cm³/mol. The van der Waals surface area contributed by atoms with Crippen LogP contribution < -0.4 is 15.5 Å². The van der Waals surface area contributed by atoms with Crippen molar-refractivity contribution in [2.24, 2.45) is 4.99 Å². The highest BCUT2D eigenvalue weighted by atomic mass is 32.2. The average Bonchev–Trinajstić information content (AvgIpc) is 2.74. The number of hydrogen-bond acceptors (Lipinski definition) is 4. The lowest BCUT2D eigenvalue weighted by Gasteiger charge is -2.32. The second kappa shape index (κ2) is 11.5. The van der Waals surface area contributed by atoms with Crippen LogP contribution in [0.1, 0.15) is 46.1 Å². The molecule has 1 aliphatic heterocycles. The molecule has 0 saturated carbocycles. The van der Waals surface area contributed by atoms with Gasteiger partial charge in [0.1, 0.15) is 5.82 Å². The van der Waals surface area contributed by atoms with Gasteiger partial charge in [-0.25, -0.2) is 22.1 Å². The van der Waals surface area contributed by atoms with Gasteiger partial charge >= 0.3 is 0 Å². The lowest BCUT2D eigenvalue weighted by Crippen LogP contribution is -2.50. The van der Waals surface area contributed by atoms with E-state index in [4.69, 9.17) is 0 Å². The van der Waals surface area contributed by atoms with Crippen LogP contribution in [0.15, 0.2) is 23.2 Å². The molecule has 0 aromatic heterocycles. The van der Waals surface area contributed by atoms with Crippen LogP contribution in [-0.4, -0.2) is 63.2 Å². The summed E-state index contributed by atoms with van der Waals surface area (Å²) >= 11 is 0. The summed E-state index contributed by atoms with van der Waals surface area (Å²) in [5.74, 6) is 0.579. The summed E-state index contributed by atoms with van der Waals surface area (Å²) in [5, 5.41) is 6.62. The van der Waals surface area contributed by atoms with Crippen molar-refractivity contribution in [1.82, 2.24) is 14.9 Å². The average molecular weight is 442 g/mol. The first kappa shape index (κ1) is 24.4. The fourth-order valence-corrected chi connectivity index (χ4v) is 4.75. The molecule has 1 aromatic carbocycles. The molecule has 7 nitrogen and oxygen atoms in total. The monoisotopic (exact) mass is 441 g/mol. The summed E-state index contributed by atoms with van der Waals surface area (Å²) in [7, 11) is -3.13. The standard InChI is InChI=1S/C21H36FN5O2S/c1-5-23-21(25-18-11-13-27(14-12-18)30(28,29)8-4)24-16-17-9-10-20(19(22)15-17)26(6-2)7-3/h9-10,15,18H,5-8,11-14,16H2,1-4H3,(H2,23,24,25). The van der Waals surface area contributed by atoms with Crippen molar-refractivity contribution >= 4 is 21.7 Å². The molecule has 0 amide bonds. The lowest BCUT2D eigenvalue weighted by atomic mass is 10.1. The summed E-state index contributed by atoms with van der Waals surface area (Å²) in [6.07, 6.45) is 1.47. The fourth-order valence-electron chi connectivity index (χ4n) is 3.61. The van der Waals surface area contributed by atoms with Crippen LogP contribution in [0, 0.1) is 5.82 Å². The molecule has 1 fully saturated rings. The van der Waals surface area contributed by atoms with E-state index in [9.17, 15) is 12.8 Å². The van der Waals surface area contributed by atoms with Crippen LogP contribution >= 0.6 is 0 Å². The Balaban J connectivity index is 1.99. The SMILES string of the molecule is CCNC(=NCc1ccc(N(CC)CC)c(F)c1)NC1CCN(S(=O)(=O)CC)CC1. The van der Waals surface area contributed by atoms with Crippen molar-refractivity contribution in [2.75, 3.05) is 43.4 Å². The first-order valence-electron chi connectivity index (χ1n) is 10.9. The number of anilines is 1. The Hall–Kier alpha value is -1.87. The number of nitrogens with one attached hydrogen (secondary N) is 2. The van der Waals surface area contributed by atoms with Crippen LogP contribution in [0.25, 0.3) is 0 Å². The van der Waals surface area contributed by atoms with Crippen LogP contribution in [-0.2, 0) is 16.6 Å². The Labute approximate surface area is 180 Å². The first-order valence-corrected chi connectivity index (χ1v) is 12.5. The largest absolute Gasteiger partial charge is 0.370 e. The zero-order valence-corrected chi connectivity index (χ0v) is 19.4. The predicted octanol–water partition coefficient (Wildman–Crippen LogP) is 2.54. The van der Waals surface area contributed by atoms with Gasteiger partial charge in [0.15, 0.2) is 5.96 Å². The first-order chi connectivity index (χ1) is 14.3. The van der Waals surface area contributed by atoms with Crippen molar-refractivity contribution < 1.29 is 12.8 Å². The zero-order valence-electron chi connectivity index (χ0n) is 18.6. The fraction of sp³-hybridized carbons (Fsp3) is 0.667. The number of guanidine groups is 1. The molecule has 0 atom stereocenters. The van der Waals surface area contributed by atoms with Gasteiger partial charge in [-0.2, -0.15) is 0 Å². The number of hydrogen-bond donors (Lipinski definition) is 2. The molecule has 1 heterocycles. The van der Waals surface area contributed by atoms with Gasteiger partial charge in [0.05, 0.1) is 18.0 Å². The molecule has 0 aliphatic carbocycles. The van der Waals surface area contributed by atoms with Gasteiger partial charge < -0.3 is 15.5 Å². The minimum atomic E-state index is -3.13. The van der Waals surface area contributed by atoms with Crippen LogP contribution in [0.2, 0.25) is 0 Å². The molecule has 170 valence electrons. The summed E-state index contributed by atoms with van der Waals surface area (Å²) in [5.41, 5.74) is 1.43. The van der Waals surface area contributed by atoms with Crippen molar-refractivity contribution in [3.8, 4) is 0 Å². The maximum absolute atomic E-state index is 14.5. The molecule has 9 heteroatoms. The highest BCUT2D eigenvalue weighted by Gasteiger charge is 2.27. The third-order valence-electron chi connectivity index (χ3n) is 5.43. The van der Waals surface area contributed by atoms with Gasteiger partial charge in [0.2, 0.25) is 10.0 Å². The normalized spacial score (nSPS) is 16.5. The molecule has 0 bridgehead atoms. The second-order valence-corrected chi connectivity index (χ2v) is 9.63. The minimum absolute atomic E-state index is 0.138. The number of aliphatic imine (C=N–C) groups is 1. The molecule has 2 N–H and O–H groups in total. The van der Waals surface area contributed by atoms with E-state index < -0.39 is 10.0 Å². The van der Waals surface area contributed by atoms with Crippen LogP contribution in [0.4, 0.5) is 10.1 Å². The third-order valence-corrected chi connectivity index (χ3v) is 7.31. The third kappa shape index (κ3) is 6.57. The van der Waals surface area contributed by atoms with Gasteiger partial charge in [-0.15, -0.1) is 0 Å². The maximum atomic E-state index is 14.5. The van der Waals surface area contributed by atoms with E-state index in [1.807, 2.05) is 37.8 Å². The van der Waals surface area contributed by atoms with Gasteiger partial charge in [-0.3, -0.25) is 0 Å². The number of halogens is 1. The Morgan fingerprint density at radius 2 is 1.87 bits per heavy atom. The van der Waals surface area contributed by atoms with Gasteiger partial charge in [-0.1, -0.05) is 6.07 Å². The van der Waals surface area contributed by atoms with E-state index in [1.54, 1.807) is 17.3 Å². The second-order valence-electron chi connectivity index (χ2n) is 7.37. The number of piperidine rings is 1.